The van der Waals surface area contributed by atoms with Gasteiger partial charge in [0.1, 0.15) is 5.58 Å². The van der Waals surface area contributed by atoms with Crippen molar-refractivity contribution in [3.63, 3.8) is 0 Å². The molecule has 0 amide bonds. The fourth-order valence-electron chi connectivity index (χ4n) is 1.89. The average molecular weight is 229 g/mol. The summed E-state index contributed by atoms with van der Waals surface area (Å²) in [6.07, 6.45) is 5.13. The first-order valence-electron chi connectivity index (χ1n) is 6.21. The molecule has 0 fully saturated rings. The minimum absolute atomic E-state index is 0.951. The van der Waals surface area contributed by atoms with Crippen LogP contribution < -0.4 is 5.32 Å². The van der Waals surface area contributed by atoms with E-state index in [9.17, 15) is 0 Å². The van der Waals surface area contributed by atoms with Crippen molar-refractivity contribution in [3.8, 4) is 0 Å². The third kappa shape index (κ3) is 2.77. The lowest BCUT2D eigenvalue weighted by Gasteiger charge is -2.04. The molecule has 0 bridgehead atoms. The lowest BCUT2D eigenvalue weighted by atomic mass is 10.1. The van der Waals surface area contributed by atoms with Crippen LogP contribution in [0.1, 0.15) is 25.8 Å². The maximum absolute atomic E-state index is 5.53. The van der Waals surface area contributed by atoms with Gasteiger partial charge in [-0.25, -0.2) is 0 Å². The molecule has 2 heteroatoms. The third-order valence-corrected chi connectivity index (χ3v) is 2.93. The highest BCUT2D eigenvalue weighted by atomic mass is 16.3. The molecule has 0 aliphatic rings. The highest BCUT2D eigenvalue weighted by Crippen LogP contribution is 2.23. The Bertz CT molecular complexity index is 510. The van der Waals surface area contributed by atoms with Gasteiger partial charge in [-0.1, -0.05) is 43.7 Å². The van der Waals surface area contributed by atoms with Gasteiger partial charge in [0, 0.05) is 17.5 Å². The second kappa shape index (κ2) is 5.69. The highest BCUT2D eigenvalue weighted by Gasteiger charge is 2.03. The van der Waals surface area contributed by atoms with E-state index in [1.165, 1.54) is 16.5 Å². The number of hydrogen-bond acceptors (Lipinski definition) is 2. The molecule has 1 heterocycles. The topological polar surface area (TPSA) is 25.2 Å². The van der Waals surface area contributed by atoms with Gasteiger partial charge in [0.05, 0.1) is 6.26 Å². The van der Waals surface area contributed by atoms with Crippen LogP contribution in [0, 0.1) is 0 Å². The van der Waals surface area contributed by atoms with Crippen LogP contribution in [0.25, 0.3) is 17.0 Å². The number of furan rings is 1. The number of rotatable bonds is 5. The van der Waals surface area contributed by atoms with E-state index in [2.05, 4.69) is 31.3 Å². The summed E-state index contributed by atoms with van der Waals surface area (Å²) in [5, 5.41) is 4.55. The van der Waals surface area contributed by atoms with Crippen LogP contribution in [0.2, 0.25) is 0 Å². The molecule has 0 saturated heterocycles. The molecule has 0 saturated carbocycles. The molecule has 90 valence electrons. The molecule has 0 spiro atoms. The van der Waals surface area contributed by atoms with Crippen LogP contribution in [0.5, 0.6) is 0 Å². The molecule has 2 aromatic rings. The second-order valence-corrected chi connectivity index (χ2v) is 4.12. The normalized spacial score (nSPS) is 12.2. The number of likely N-dealkylation sites (N-methyl/N-ethyl adjacent to an activating group) is 1. The summed E-state index contributed by atoms with van der Waals surface area (Å²) < 4.78 is 5.53. The SMILES string of the molecule is CCNC/C(=C/c1coc2ccccc12)CC. The number of hydrogen-bond donors (Lipinski definition) is 1. The van der Waals surface area contributed by atoms with Crippen LogP contribution in [0.3, 0.4) is 0 Å². The largest absolute Gasteiger partial charge is 0.464 e. The van der Waals surface area contributed by atoms with Gasteiger partial charge in [-0.3, -0.25) is 0 Å². The van der Waals surface area contributed by atoms with E-state index in [1.807, 2.05) is 24.5 Å². The van der Waals surface area contributed by atoms with E-state index in [-0.39, 0.29) is 0 Å². The predicted octanol–water partition coefficient (Wildman–Crippen LogP) is 3.84. The Morgan fingerprint density at radius 3 is 2.88 bits per heavy atom. The van der Waals surface area contributed by atoms with Gasteiger partial charge in [0.15, 0.2) is 0 Å². The van der Waals surface area contributed by atoms with E-state index in [0.29, 0.717) is 0 Å². The van der Waals surface area contributed by atoms with Crippen LogP contribution in [0.4, 0.5) is 0 Å². The number of fused-ring (bicyclic) bond motifs is 1. The van der Waals surface area contributed by atoms with Crippen molar-refractivity contribution < 1.29 is 4.42 Å². The van der Waals surface area contributed by atoms with E-state index in [1.54, 1.807) is 0 Å². The maximum atomic E-state index is 5.53. The molecule has 0 atom stereocenters. The summed E-state index contributed by atoms with van der Waals surface area (Å²) in [6.45, 7) is 6.27. The Labute approximate surface area is 102 Å². The Morgan fingerprint density at radius 1 is 1.29 bits per heavy atom. The lowest BCUT2D eigenvalue weighted by Crippen LogP contribution is -2.15. The Morgan fingerprint density at radius 2 is 2.12 bits per heavy atom. The van der Waals surface area contributed by atoms with Gasteiger partial charge in [-0.05, 0) is 19.0 Å². The number of para-hydroxylation sites is 1. The van der Waals surface area contributed by atoms with E-state index >= 15 is 0 Å². The molecule has 0 aliphatic carbocycles. The molecule has 2 rings (SSSR count). The zero-order valence-corrected chi connectivity index (χ0v) is 10.5. The van der Waals surface area contributed by atoms with Crippen LogP contribution >= 0.6 is 0 Å². The summed E-state index contributed by atoms with van der Waals surface area (Å²) >= 11 is 0. The average Bonchev–Trinajstić information content (AvgIpc) is 2.78. The highest BCUT2D eigenvalue weighted by molar-refractivity contribution is 5.87. The predicted molar refractivity (Wildman–Crippen MR) is 73.0 cm³/mol. The monoisotopic (exact) mass is 229 g/mol. The summed E-state index contributed by atoms with van der Waals surface area (Å²) in [6, 6.07) is 8.15. The molecule has 17 heavy (non-hydrogen) atoms. The van der Waals surface area contributed by atoms with Crippen molar-refractivity contribution in [2.45, 2.75) is 20.3 Å². The minimum Gasteiger partial charge on any atom is -0.464 e. The van der Waals surface area contributed by atoms with E-state index in [0.717, 1.165) is 25.1 Å². The second-order valence-electron chi connectivity index (χ2n) is 4.12. The van der Waals surface area contributed by atoms with E-state index < -0.39 is 0 Å². The van der Waals surface area contributed by atoms with Crippen LogP contribution in [0.15, 0.2) is 40.5 Å². The van der Waals surface area contributed by atoms with Gasteiger partial charge in [-0.15, -0.1) is 0 Å². The Hall–Kier alpha value is -1.54. The van der Waals surface area contributed by atoms with Crippen molar-refractivity contribution in [2.24, 2.45) is 0 Å². The number of nitrogens with one attached hydrogen (secondary N) is 1. The van der Waals surface area contributed by atoms with Gasteiger partial charge in [0.25, 0.3) is 0 Å². The summed E-state index contributed by atoms with van der Waals surface area (Å²) in [4.78, 5) is 0. The van der Waals surface area contributed by atoms with Crippen molar-refractivity contribution >= 4 is 17.0 Å². The lowest BCUT2D eigenvalue weighted by molar-refractivity contribution is 0.615. The summed E-state index contributed by atoms with van der Waals surface area (Å²) in [7, 11) is 0. The van der Waals surface area contributed by atoms with Gasteiger partial charge < -0.3 is 9.73 Å². The molecule has 0 radical (unpaired) electrons. The van der Waals surface area contributed by atoms with E-state index in [4.69, 9.17) is 4.42 Å². The third-order valence-electron chi connectivity index (χ3n) is 2.93. The van der Waals surface area contributed by atoms with Crippen molar-refractivity contribution in [3.05, 3.63) is 41.7 Å². The first-order chi connectivity index (χ1) is 8.35. The Balaban J connectivity index is 2.29. The first-order valence-corrected chi connectivity index (χ1v) is 6.21. The zero-order valence-electron chi connectivity index (χ0n) is 10.5. The fraction of sp³-hybridized carbons (Fsp3) is 0.333. The van der Waals surface area contributed by atoms with Gasteiger partial charge in [0.2, 0.25) is 0 Å². The molecule has 0 unspecified atom stereocenters. The van der Waals surface area contributed by atoms with Gasteiger partial charge in [-0.2, -0.15) is 0 Å². The van der Waals surface area contributed by atoms with Crippen molar-refractivity contribution in [1.82, 2.24) is 5.32 Å². The molecule has 2 nitrogen and oxygen atoms in total. The van der Waals surface area contributed by atoms with Crippen LogP contribution in [-0.4, -0.2) is 13.1 Å². The molecule has 0 aliphatic heterocycles. The van der Waals surface area contributed by atoms with Crippen molar-refractivity contribution in [2.75, 3.05) is 13.1 Å². The first kappa shape index (κ1) is 11.9. The minimum atomic E-state index is 0.951. The smallest absolute Gasteiger partial charge is 0.134 e. The molecular formula is C15H19NO. The molecule has 1 aromatic carbocycles. The van der Waals surface area contributed by atoms with Crippen LogP contribution in [-0.2, 0) is 0 Å². The Kier molecular flexibility index (Phi) is 3.99. The van der Waals surface area contributed by atoms with Gasteiger partial charge >= 0.3 is 0 Å². The quantitative estimate of drug-likeness (QED) is 0.842. The zero-order chi connectivity index (χ0) is 12.1. The molecule has 1 N–H and O–H groups in total. The molecule has 1 aromatic heterocycles. The number of benzene rings is 1. The fourth-order valence-corrected chi connectivity index (χ4v) is 1.89. The standard InChI is InChI=1S/C15H19NO/c1-3-12(10-16-4-2)9-13-11-17-15-8-6-5-7-14(13)15/h5-9,11,16H,3-4,10H2,1-2H3/b12-9+. The maximum Gasteiger partial charge on any atom is 0.134 e. The van der Waals surface area contributed by atoms with Crippen molar-refractivity contribution in [1.29, 1.82) is 0 Å². The molecular weight excluding hydrogens is 210 g/mol. The summed E-state index contributed by atoms with van der Waals surface area (Å²) in [5.74, 6) is 0. The summed E-state index contributed by atoms with van der Waals surface area (Å²) in [5.41, 5.74) is 3.53.